The molecule has 1 heterocycles. The van der Waals surface area contributed by atoms with Crippen molar-refractivity contribution in [2.45, 2.75) is 52.5 Å². The second-order valence-corrected chi connectivity index (χ2v) is 8.14. The largest absolute Gasteiger partial charge is 0.484 e. The van der Waals surface area contributed by atoms with Crippen LogP contribution >= 0.6 is 0 Å². The molecule has 0 saturated carbocycles. The Morgan fingerprint density at radius 2 is 1.70 bits per heavy atom. The van der Waals surface area contributed by atoms with E-state index in [4.69, 9.17) is 4.74 Å². The molecule has 0 atom stereocenters. The number of carbonyl (C=O) groups is 2. The summed E-state index contributed by atoms with van der Waals surface area (Å²) in [4.78, 5) is 37.7. The maximum atomic E-state index is 12.8. The van der Waals surface area contributed by atoms with E-state index in [1.54, 1.807) is 36.4 Å². The number of hydrogen-bond donors (Lipinski definition) is 2. The Kier molecular flexibility index (Phi) is 8.18. The molecule has 8 nitrogen and oxygen atoms in total. The van der Waals surface area contributed by atoms with Crippen LogP contribution < -0.4 is 21.1 Å². The van der Waals surface area contributed by atoms with Crippen LogP contribution in [0.15, 0.2) is 53.3 Å². The molecule has 0 fully saturated rings. The lowest BCUT2D eigenvalue weighted by Crippen LogP contribution is -2.44. The second kappa shape index (κ2) is 11.3. The first-order valence-electron chi connectivity index (χ1n) is 11.2. The van der Waals surface area contributed by atoms with Gasteiger partial charge in [0.05, 0.1) is 5.39 Å². The molecular formula is C25H30N4O4. The number of aromatic nitrogens is 2. The highest BCUT2D eigenvalue weighted by atomic mass is 16.5. The fourth-order valence-corrected chi connectivity index (χ4v) is 3.39. The van der Waals surface area contributed by atoms with Gasteiger partial charge in [-0.1, -0.05) is 63.9 Å². The highest BCUT2D eigenvalue weighted by Crippen LogP contribution is 2.18. The van der Waals surface area contributed by atoms with Crippen molar-refractivity contribution in [3.63, 3.8) is 0 Å². The summed E-state index contributed by atoms with van der Waals surface area (Å²) in [5, 5.41) is 5.12. The number of hydrazine groups is 1. The maximum Gasteiger partial charge on any atom is 0.290 e. The van der Waals surface area contributed by atoms with Gasteiger partial charge in [-0.3, -0.25) is 25.2 Å². The smallest absolute Gasteiger partial charge is 0.290 e. The van der Waals surface area contributed by atoms with E-state index < -0.39 is 11.8 Å². The summed E-state index contributed by atoms with van der Waals surface area (Å²) in [5.74, 6) is -0.155. The van der Waals surface area contributed by atoms with Crippen LogP contribution in [0.25, 0.3) is 10.8 Å². The Balaban J connectivity index is 1.65. The molecule has 0 aliphatic rings. The van der Waals surface area contributed by atoms with Crippen molar-refractivity contribution in [2.75, 3.05) is 6.61 Å². The Bertz CT molecular complexity index is 1170. The van der Waals surface area contributed by atoms with E-state index in [1.807, 2.05) is 12.1 Å². The van der Waals surface area contributed by atoms with Crippen LogP contribution in [-0.2, 0) is 11.3 Å². The summed E-state index contributed by atoms with van der Waals surface area (Å²) in [6.45, 7) is 6.44. The van der Waals surface area contributed by atoms with E-state index >= 15 is 0 Å². The number of carbonyl (C=O) groups excluding carboxylic acids is 2. The zero-order valence-corrected chi connectivity index (χ0v) is 19.3. The van der Waals surface area contributed by atoms with E-state index in [2.05, 4.69) is 36.7 Å². The van der Waals surface area contributed by atoms with E-state index in [0.29, 0.717) is 29.0 Å². The van der Waals surface area contributed by atoms with Crippen molar-refractivity contribution in [1.29, 1.82) is 0 Å². The summed E-state index contributed by atoms with van der Waals surface area (Å²) in [7, 11) is 0. The van der Waals surface area contributed by atoms with Crippen LogP contribution in [-0.4, -0.2) is 28.2 Å². The van der Waals surface area contributed by atoms with Gasteiger partial charge >= 0.3 is 0 Å². The third-order valence-corrected chi connectivity index (χ3v) is 5.29. The Morgan fingerprint density at radius 1 is 1.00 bits per heavy atom. The van der Waals surface area contributed by atoms with Gasteiger partial charge in [-0.25, -0.2) is 4.68 Å². The molecule has 1 aromatic heterocycles. The summed E-state index contributed by atoms with van der Waals surface area (Å²) < 4.78 is 6.79. The van der Waals surface area contributed by atoms with E-state index in [1.165, 1.54) is 10.2 Å². The summed E-state index contributed by atoms with van der Waals surface area (Å²) in [6, 6.07) is 14.3. The van der Waals surface area contributed by atoms with Gasteiger partial charge in [0, 0.05) is 11.9 Å². The number of unbranched alkanes of at least 4 members (excludes halogenated alkanes) is 2. The second-order valence-electron chi connectivity index (χ2n) is 8.14. The number of nitrogens with zero attached hydrogens (tertiary/aromatic N) is 2. The molecule has 0 unspecified atom stereocenters. The monoisotopic (exact) mass is 450 g/mol. The average Bonchev–Trinajstić information content (AvgIpc) is 2.83. The average molecular weight is 451 g/mol. The number of rotatable bonds is 9. The molecule has 8 heteroatoms. The Morgan fingerprint density at radius 3 is 2.36 bits per heavy atom. The molecule has 0 saturated heterocycles. The van der Waals surface area contributed by atoms with Crippen LogP contribution in [0.4, 0.5) is 0 Å². The molecule has 33 heavy (non-hydrogen) atoms. The lowest BCUT2D eigenvalue weighted by Gasteiger charge is -2.12. The van der Waals surface area contributed by atoms with Gasteiger partial charge < -0.3 is 4.74 Å². The summed E-state index contributed by atoms with van der Waals surface area (Å²) >= 11 is 0. The molecule has 0 aliphatic carbocycles. The van der Waals surface area contributed by atoms with Gasteiger partial charge in [0.2, 0.25) is 0 Å². The van der Waals surface area contributed by atoms with Gasteiger partial charge in [0.25, 0.3) is 17.4 Å². The number of fused-ring (bicyclic) bond motifs is 1. The van der Waals surface area contributed by atoms with E-state index in [9.17, 15) is 14.4 Å². The third-order valence-electron chi connectivity index (χ3n) is 5.29. The molecule has 2 aromatic carbocycles. The molecular weight excluding hydrogens is 420 g/mol. The summed E-state index contributed by atoms with van der Waals surface area (Å²) in [5.41, 5.74) is 5.72. The lowest BCUT2D eigenvalue weighted by atomic mass is 10.0. The highest BCUT2D eigenvalue weighted by Gasteiger charge is 2.17. The molecule has 0 aliphatic heterocycles. The number of hydrogen-bond acceptors (Lipinski definition) is 5. The van der Waals surface area contributed by atoms with Crippen molar-refractivity contribution in [3.05, 3.63) is 70.1 Å². The SMILES string of the molecule is CCCCCn1nc(C(=O)NNC(=O)COc2ccc(C(C)C)cc2)c2ccccc2c1=O. The first kappa shape index (κ1) is 24.0. The molecule has 174 valence electrons. The molecule has 2 amide bonds. The van der Waals surface area contributed by atoms with Gasteiger partial charge in [0.15, 0.2) is 12.3 Å². The van der Waals surface area contributed by atoms with Crippen LogP contribution in [0.1, 0.15) is 62.0 Å². The standard InChI is InChI=1S/C25H30N4O4/c1-4-5-8-15-29-25(32)21-10-7-6-9-20(21)23(28-29)24(31)27-26-22(30)16-33-19-13-11-18(12-14-19)17(2)3/h6-7,9-14,17H,4-5,8,15-16H2,1-3H3,(H,26,30)(H,27,31). The van der Waals surface area contributed by atoms with Gasteiger partial charge in [-0.2, -0.15) is 5.10 Å². The van der Waals surface area contributed by atoms with Gasteiger partial charge in [-0.05, 0) is 36.1 Å². The van der Waals surface area contributed by atoms with Crippen LogP contribution in [0, 0.1) is 0 Å². The van der Waals surface area contributed by atoms with Crippen molar-refractivity contribution in [3.8, 4) is 5.75 Å². The van der Waals surface area contributed by atoms with Gasteiger partial charge in [0.1, 0.15) is 5.75 Å². The van der Waals surface area contributed by atoms with Crippen LogP contribution in [0.5, 0.6) is 5.75 Å². The number of benzene rings is 2. The number of nitrogens with one attached hydrogen (secondary N) is 2. The van der Waals surface area contributed by atoms with Crippen molar-refractivity contribution in [1.82, 2.24) is 20.6 Å². The van der Waals surface area contributed by atoms with Crippen LogP contribution in [0.3, 0.4) is 0 Å². The van der Waals surface area contributed by atoms with Gasteiger partial charge in [-0.15, -0.1) is 0 Å². The van der Waals surface area contributed by atoms with Crippen molar-refractivity contribution >= 4 is 22.6 Å². The van der Waals surface area contributed by atoms with Crippen molar-refractivity contribution in [2.24, 2.45) is 0 Å². The predicted molar refractivity (Wildman–Crippen MR) is 127 cm³/mol. The molecule has 3 aromatic rings. The molecule has 0 radical (unpaired) electrons. The topological polar surface area (TPSA) is 102 Å². The molecule has 3 rings (SSSR count). The number of aryl methyl sites for hydroxylation is 1. The minimum Gasteiger partial charge on any atom is -0.484 e. The first-order chi connectivity index (χ1) is 15.9. The Labute approximate surface area is 192 Å². The fourth-order valence-electron chi connectivity index (χ4n) is 3.39. The van der Waals surface area contributed by atoms with E-state index in [-0.39, 0.29) is 17.9 Å². The lowest BCUT2D eigenvalue weighted by molar-refractivity contribution is -0.123. The minimum atomic E-state index is -0.606. The quantitative estimate of drug-likeness (QED) is 0.383. The van der Waals surface area contributed by atoms with Crippen LogP contribution in [0.2, 0.25) is 0 Å². The molecule has 2 N–H and O–H groups in total. The highest BCUT2D eigenvalue weighted by molar-refractivity contribution is 6.05. The number of ether oxygens (including phenoxy) is 1. The zero-order chi connectivity index (χ0) is 23.8. The van der Waals surface area contributed by atoms with Crippen molar-refractivity contribution < 1.29 is 14.3 Å². The maximum absolute atomic E-state index is 12.8. The minimum absolute atomic E-state index is 0.0761. The number of amides is 2. The molecule has 0 bridgehead atoms. The zero-order valence-electron chi connectivity index (χ0n) is 19.3. The predicted octanol–water partition coefficient (Wildman–Crippen LogP) is 3.55. The third kappa shape index (κ3) is 6.19. The molecule has 0 spiro atoms. The summed E-state index contributed by atoms with van der Waals surface area (Å²) in [6.07, 6.45) is 2.75. The normalized spacial score (nSPS) is 10.9. The van der Waals surface area contributed by atoms with E-state index in [0.717, 1.165) is 19.3 Å². The fraction of sp³-hybridized carbons (Fsp3) is 0.360. The first-order valence-corrected chi connectivity index (χ1v) is 11.2. The Hall–Kier alpha value is -3.68.